The number of amides is 1. The van der Waals surface area contributed by atoms with Gasteiger partial charge < -0.3 is 19.7 Å². The molecule has 1 unspecified atom stereocenters. The Labute approximate surface area is 239 Å². The van der Waals surface area contributed by atoms with Crippen molar-refractivity contribution in [2.45, 2.75) is 44.8 Å². The van der Waals surface area contributed by atoms with Gasteiger partial charge in [0.1, 0.15) is 11.5 Å². The van der Waals surface area contributed by atoms with Crippen molar-refractivity contribution in [1.82, 2.24) is 15.1 Å². The van der Waals surface area contributed by atoms with Gasteiger partial charge in [-0.3, -0.25) is 9.69 Å². The summed E-state index contributed by atoms with van der Waals surface area (Å²) in [6.45, 7) is 8.11. The molecule has 3 aromatic rings. The number of rotatable bonds is 11. The van der Waals surface area contributed by atoms with E-state index in [4.69, 9.17) is 9.47 Å². The first-order valence-electron chi connectivity index (χ1n) is 14.7. The molecule has 0 aromatic heterocycles. The van der Waals surface area contributed by atoms with E-state index in [1.165, 1.54) is 11.1 Å². The van der Waals surface area contributed by atoms with Crippen molar-refractivity contribution in [2.24, 2.45) is 11.8 Å². The Hall–Kier alpha value is -3.35. The number of fused-ring (bicyclic) bond motifs is 3. The van der Waals surface area contributed by atoms with Crippen LogP contribution in [-0.4, -0.2) is 68.2 Å². The molecule has 3 aliphatic rings. The molecule has 5 atom stereocenters. The van der Waals surface area contributed by atoms with E-state index in [1.54, 1.807) is 14.2 Å². The van der Waals surface area contributed by atoms with Crippen LogP contribution in [0.25, 0.3) is 0 Å². The first-order chi connectivity index (χ1) is 19.6. The van der Waals surface area contributed by atoms with Gasteiger partial charge in [0.05, 0.1) is 20.1 Å². The second kappa shape index (κ2) is 12.9. The maximum Gasteiger partial charge on any atom is 0.227 e. The summed E-state index contributed by atoms with van der Waals surface area (Å²) in [5.74, 6) is 2.35. The molecular weight excluding hydrogens is 498 g/mol. The van der Waals surface area contributed by atoms with Crippen LogP contribution in [0.4, 0.5) is 0 Å². The molecule has 1 N–H and O–H groups in total. The van der Waals surface area contributed by atoms with Crippen molar-refractivity contribution in [3.05, 3.63) is 95.6 Å². The standard InChI is InChI=1S/C34H43N3O3/c1-5-36(6-2)34(38)29-23-37-20-19-28(29)32(35-22-26-21-27(39-3)17-18-30(26)40-4)33(37)31(24-13-9-7-10-14-24)25-15-11-8-12-16-25/h7-18,21,28-29,31-33,35H,5-6,19-20,22-23H2,1-4H3/t28-,29+,32+,33+/m1/s1. The average molecular weight is 542 g/mol. The molecule has 3 fully saturated rings. The summed E-state index contributed by atoms with van der Waals surface area (Å²) in [5.41, 5.74) is 3.67. The number of carbonyl (C=O) groups is 1. The summed E-state index contributed by atoms with van der Waals surface area (Å²) in [6.07, 6.45) is 1.01. The van der Waals surface area contributed by atoms with Crippen LogP contribution in [0.5, 0.6) is 11.5 Å². The molecule has 3 saturated heterocycles. The number of carbonyl (C=O) groups excluding carboxylic acids is 1. The Morgan fingerprint density at radius 2 is 1.60 bits per heavy atom. The van der Waals surface area contributed by atoms with Crippen molar-refractivity contribution in [3.63, 3.8) is 0 Å². The maximum atomic E-state index is 13.8. The molecule has 40 heavy (non-hydrogen) atoms. The van der Waals surface area contributed by atoms with E-state index in [9.17, 15) is 4.79 Å². The zero-order valence-corrected chi connectivity index (χ0v) is 24.3. The van der Waals surface area contributed by atoms with Gasteiger partial charge in [-0.15, -0.1) is 0 Å². The third-order valence-electron chi connectivity index (χ3n) is 9.02. The summed E-state index contributed by atoms with van der Waals surface area (Å²) in [7, 11) is 3.40. The number of hydrogen-bond acceptors (Lipinski definition) is 5. The monoisotopic (exact) mass is 541 g/mol. The molecule has 3 heterocycles. The second-order valence-corrected chi connectivity index (χ2v) is 10.9. The molecule has 6 nitrogen and oxygen atoms in total. The maximum absolute atomic E-state index is 13.8. The molecule has 0 spiro atoms. The van der Waals surface area contributed by atoms with Crippen molar-refractivity contribution in [1.29, 1.82) is 0 Å². The Balaban J connectivity index is 1.55. The minimum absolute atomic E-state index is 0.0122. The van der Waals surface area contributed by atoms with E-state index in [-0.39, 0.29) is 29.8 Å². The van der Waals surface area contributed by atoms with Crippen molar-refractivity contribution in [3.8, 4) is 11.5 Å². The fraction of sp³-hybridized carbons (Fsp3) is 0.441. The van der Waals surface area contributed by atoms with Crippen LogP contribution >= 0.6 is 0 Å². The van der Waals surface area contributed by atoms with Gasteiger partial charge in [0.15, 0.2) is 0 Å². The number of nitrogens with zero attached hydrogens (tertiary/aromatic N) is 2. The molecule has 6 heteroatoms. The number of nitrogens with one attached hydrogen (secondary N) is 1. The van der Waals surface area contributed by atoms with E-state index in [0.717, 1.165) is 49.7 Å². The first-order valence-corrected chi connectivity index (χ1v) is 14.7. The van der Waals surface area contributed by atoms with Gasteiger partial charge in [0.2, 0.25) is 5.91 Å². The summed E-state index contributed by atoms with van der Waals surface area (Å²) in [5, 5.41) is 3.98. The molecule has 2 bridgehead atoms. The van der Waals surface area contributed by atoms with Gasteiger partial charge in [-0.25, -0.2) is 0 Å². The molecule has 0 radical (unpaired) electrons. The smallest absolute Gasteiger partial charge is 0.227 e. The molecule has 0 saturated carbocycles. The van der Waals surface area contributed by atoms with E-state index in [0.29, 0.717) is 12.5 Å². The third kappa shape index (κ3) is 5.61. The average Bonchev–Trinajstić information content (AvgIpc) is 3.02. The van der Waals surface area contributed by atoms with E-state index in [1.807, 2.05) is 23.1 Å². The number of ether oxygens (including phenoxy) is 2. The quantitative estimate of drug-likeness (QED) is 0.363. The fourth-order valence-corrected chi connectivity index (χ4v) is 7.05. The van der Waals surface area contributed by atoms with Crippen LogP contribution in [0.1, 0.15) is 42.9 Å². The summed E-state index contributed by atoms with van der Waals surface area (Å²) < 4.78 is 11.2. The topological polar surface area (TPSA) is 54.0 Å². The van der Waals surface area contributed by atoms with Crippen molar-refractivity contribution in [2.75, 3.05) is 40.4 Å². The summed E-state index contributed by atoms with van der Waals surface area (Å²) in [6, 6.07) is 28.0. The lowest BCUT2D eigenvalue weighted by atomic mass is 9.66. The highest BCUT2D eigenvalue weighted by molar-refractivity contribution is 5.80. The minimum atomic E-state index is -0.0122. The normalized spacial score (nSPS) is 23.7. The molecule has 6 rings (SSSR count). The molecular formula is C34H43N3O3. The van der Waals surface area contributed by atoms with Gasteiger partial charge >= 0.3 is 0 Å². The number of benzene rings is 3. The Morgan fingerprint density at radius 1 is 0.950 bits per heavy atom. The largest absolute Gasteiger partial charge is 0.497 e. The number of hydrogen-bond donors (Lipinski definition) is 1. The Bertz CT molecular complexity index is 1210. The van der Waals surface area contributed by atoms with Gasteiger partial charge in [-0.1, -0.05) is 60.7 Å². The molecule has 3 aromatic carbocycles. The summed E-state index contributed by atoms with van der Waals surface area (Å²) >= 11 is 0. The zero-order valence-electron chi connectivity index (χ0n) is 24.3. The van der Waals surface area contributed by atoms with Crippen LogP contribution in [0.2, 0.25) is 0 Å². The van der Waals surface area contributed by atoms with Crippen molar-refractivity contribution >= 4 is 5.91 Å². The minimum Gasteiger partial charge on any atom is -0.497 e. The first kappa shape index (κ1) is 28.2. The lowest BCUT2D eigenvalue weighted by molar-refractivity contribution is -0.145. The van der Waals surface area contributed by atoms with E-state index < -0.39 is 0 Å². The van der Waals surface area contributed by atoms with Crippen LogP contribution in [0.3, 0.4) is 0 Å². The molecule has 0 aliphatic carbocycles. The van der Waals surface area contributed by atoms with Crippen LogP contribution in [-0.2, 0) is 11.3 Å². The van der Waals surface area contributed by atoms with Crippen LogP contribution in [0, 0.1) is 11.8 Å². The highest BCUT2D eigenvalue weighted by Crippen LogP contribution is 2.45. The second-order valence-electron chi connectivity index (χ2n) is 10.9. The molecule has 3 aliphatic heterocycles. The highest BCUT2D eigenvalue weighted by atomic mass is 16.5. The molecule has 212 valence electrons. The summed E-state index contributed by atoms with van der Waals surface area (Å²) in [4.78, 5) is 18.4. The predicted molar refractivity (Wildman–Crippen MR) is 160 cm³/mol. The van der Waals surface area contributed by atoms with Gasteiger partial charge in [0, 0.05) is 49.7 Å². The number of methoxy groups -OCH3 is 2. The van der Waals surface area contributed by atoms with Crippen LogP contribution in [0.15, 0.2) is 78.9 Å². The SMILES string of the molecule is CCN(CC)C(=O)[C@H]1CN2CC[C@H]1[C@H](NCc1cc(OC)ccc1OC)[C@@H]2C(c1ccccc1)c1ccccc1. The number of piperidine rings is 3. The van der Waals surface area contributed by atoms with Gasteiger partial charge in [-0.05, 0) is 62.1 Å². The van der Waals surface area contributed by atoms with Gasteiger partial charge in [0.25, 0.3) is 0 Å². The predicted octanol–water partition coefficient (Wildman–Crippen LogP) is 5.18. The van der Waals surface area contributed by atoms with E-state index in [2.05, 4.69) is 84.7 Å². The third-order valence-corrected chi connectivity index (χ3v) is 9.02. The van der Waals surface area contributed by atoms with Crippen molar-refractivity contribution < 1.29 is 14.3 Å². The fourth-order valence-electron chi connectivity index (χ4n) is 7.05. The highest BCUT2D eigenvalue weighted by Gasteiger charge is 2.52. The Morgan fingerprint density at radius 3 is 2.17 bits per heavy atom. The molecule has 1 amide bonds. The van der Waals surface area contributed by atoms with E-state index >= 15 is 0 Å². The lowest BCUT2D eigenvalue weighted by Crippen LogP contribution is -2.69. The lowest BCUT2D eigenvalue weighted by Gasteiger charge is -2.57. The van der Waals surface area contributed by atoms with Crippen LogP contribution < -0.4 is 14.8 Å². The van der Waals surface area contributed by atoms with Gasteiger partial charge in [-0.2, -0.15) is 0 Å². The Kier molecular flexibility index (Phi) is 9.08. The zero-order chi connectivity index (χ0) is 28.1.